The van der Waals surface area contributed by atoms with Crippen LogP contribution in [0, 0.1) is 11.3 Å². The lowest BCUT2D eigenvalue weighted by Gasteiger charge is -2.28. The number of amides is 1. The average molecular weight is 387 g/mol. The van der Waals surface area contributed by atoms with Gasteiger partial charge in [0.1, 0.15) is 17.2 Å². The Morgan fingerprint density at radius 3 is 2.59 bits per heavy atom. The number of fused-ring (bicyclic) bond motifs is 1. The summed E-state index contributed by atoms with van der Waals surface area (Å²) in [6, 6.07) is 17.7. The summed E-state index contributed by atoms with van der Waals surface area (Å²) in [6.07, 6.45) is 3.02. The molecule has 0 bridgehead atoms. The highest BCUT2D eigenvalue weighted by Crippen LogP contribution is 2.26. The maximum atomic E-state index is 12.5. The van der Waals surface area contributed by atoms with Gasteiger partial charge in [-0.2, -0.15) is 5.26 Å². The molecule has 4 rings (SSSR count). The summed E-state index contributed by atoms with van der Waals surface area (Å²) in [6.45, 7) is 0. The molecule has 1 aliphatic carbocycles. The van der Waals surface area contributed by atoms with Crippen molar-refractivity contribution >= 4 is 16.8 Å². The normalized spacial score (nSPS) is 18.8. The molecule has 1 aliphatic rings. The molecule has 2 aromatic carbocycles. The number of nitrogens with zero attached hydrogens (tertiary/aromatic N) is 2. The van der Waals surface area contributed by atoms with Crippen molar-refractivity contribution in [1.29, 1.82) is 5.26 Å². The van der Waals surface area contributed by atoms with Crippen molar-refractivity contribution in [1.82, 2.24) is 10.3 Å². The molecule has 1 amide bonds. The van der Waals surface area contributed by atoms with Gasteiger partial charge in [0.15, 0.2) is 0 Å². The van der Waals surface area contributed by atoms with E-state index < -0.39 is 6.10 Å². The van der Waals surface area contributed by atoms with Crippen molar-refractivity contribution in [2.24, 2.45) is 0 Å². The molecular weight excluding hydrogens is 366 g/mol. The van der Waals surface area contributed by atoms with Gasteiger partial charge in [0, 0.05) is 5.39 Å². The van der Waals surface area contributed by atoms with E-state index in [1.807, 2.05) is 12.1 Å². The third-order valence-corrected chi connectivity index (χ3v) is 5.16. The van der Waals surface area contributed by atoms with Gasteiger partial charge < -0.3 is 15.2 Å². The quantitative estimate of drug-likeness (QED) is 0.707. The first kappa shape index (κ1) is 18.9. The minimum atomic E-state index is -0.491. The zero-order valence-electron chi connectivity index (χ0n) is 15.8. The predicted molar refractivity (Wildman–Crippen MR) is 109 cm³/mol. The van der Waals surface area contributed by atoms with Crippen molar-refractivity contribution in [2.45, 2.75) is 37.8 Å². The van der Waals surface area contributed by atoms with Crippen LogP contribution < -0.4 is 10.1 Å². The molecular formula is C23H21N3O3. The lowest BCUT2D eigenvalue weighted by Crippen LogP contribution is -2.45. The number of hydrogen-bond donors (Lipinski definition) is 2. The second-order valence-corrected chi connectivity index (χ2v) is 7.22. The molecule has 6 heteroatoms. The number of aliphatic hydroxyl groups excluding tert-OH is 1. The second kappa shape index (κ2) is 8.29. The number of benzene rings is 2. The third kappa shape index (κ3) is 4.36. The van der Waals surface area contributed by atoms with Crippen LogP contribution in [0.2, 0.25) is 0 Å². The molecule has 0 aliphatic heterocycles. The monoisotopic (exact) mass is 387 g/mol. The molecule has 29 heavy (non-hydrogen) atoms. The molecule has 2 atom stereocenters. The van der Waals surface area contributed by atoms with E-state index in [0.717, 1.165) is 31.1 Å². The van der Waals surface area contributed by atoms with Crippen LogP contribution in [0.3, 0.4) is 0 Å². The zero-order chi connectivity index (χ0) is 20.2. The smallest absolute Gasteiger partial charge is 0.270 e. The van der Waals surface area contributed by atoms with Gasteiger partial charge in [0.25, 0.3) is 5.91 Å². The Kier molecular flexibility index (Phi) is 5.41. The van der Waals surface area contributed by atoms with Crippen LogP contribution in [0.5, 0.6) is 11.5 Å². The Bertz CT molecular complexity index is 1070. The Morgan fingerprint density at radius 2 is 1.83 bits per heavy atom. The molecule has 1 heterocycles. The number of rotatable bonds is 4. The van der Waals surface area contributed by atoms with Crippen LogP contribution in [0.4, 0.5) is 0 Å². The molecule has 1 saturated carbocycles. The van der Waals surface area contributed by atoms with Gasteiger partial charge in [0.05, 0.1) is 29.3 Å². The summed E-state index contributed by atoms with van der Waals surface area (Å²) in [5, 5.41) is 22.7. The number of aliphatic hydroxyl groups is 1. The van der Waals surface area contributed by atoms with E-state index in [0.29, 0.717) is 28.3 Å². The SMILES string of the molecule is N#Cc1ccc(Oc2ccc3nc(C(=O)N[C@@H]4CCCC[C@@H]4O)ccc3c2)cc1. The van der Waals surface area contributed by atoms with E-state index in [4.69, 9.17) is 10.00 Å². The van der Waals surface area contributed by atoms with Gasteiger partial charge in [0.2, 0.25) is 0 Å². The minimum absolute atomic E-state index is 0.211. The van der Waals surface area contributed by atoms with Gasteiger partial charge >= 0.3 is 0 Å². The van der Waals surface area contributed by atoms with Crippen LogP contribution in [-0.4, -0.2) is 28.1 Å². The lowest BCUT2D eigenvalue weighted by molar-refractivity contribution is 0.0714. The van der Waals surface area contributed by atoms with Crippen LogP contribution in [0.15, 0.2) is 54.6 Å². The van der Waals surface area contributed by atoms with Crippen molar-refractivity contribution < 1.29 is 14.6 Å². The highest BCUT2D eigenvalue weighted by atomic mass is 16.5. The fraction of sp³-hybridized carbons (Fsp3) is 0.261. The number of carbonyl (C=O) groups excluding carboxylic acids is 1. The predicted octanol–water partition coefficient (Wildman–Crippen LogP) is 3.93. The van der Waals surface area contributed by atoms with E-state index in [1.54, 1.807) is 42.5 Å². The molecule has 6 nitrogen and oxygen atoms in total. The zero-order valence-corrected chi connectivity index (χ0v) is 15.8. The number of pyridine rings is 1. The van der Waals surface area contributed by atoms with E-state index >= 15 is 0 Å². The number of nitrogens with one attached hydrogen (secondary N) is 1. The first-order valence-corrected chi connectivity index (χ1v) is 9.70. The standard InChI is InChI=1S/C23H21N3O3/c24-14-15-5-8-17(9-6-15)29-18-10-12-19-16(13-18)7-11-21(25-19)23(28)26-20-3-1-2-4-22(20)27/h5-13,20,22,27H,1-4H2,(H,26,28)/t20-,22+/m1/s1. The van der Waals surface area contributed by atoms with E-state index in [1.165, 1.54) is 0 Å². The number of aromatic nitrogens is 1. The molecule has 0 radical (unpaired) electrons. The molecule has 0 spiro atoms. The first-order valence-electron chi connectivity index (χ1n) is 9.70. The highest BCUT2D eigenvalue weighted by molar-refractivity contribution is 5.95. The average Bonchev–Trinajstić information content (AvgIpc) is 2.75. The lowest BCUT2D eigenvalue weighted by atomic mass is 9.92. The summed E-state index contributed by atoms with van der Waals surface area (Å²) in [7, 11) is 0. The second-order valence-electron chi connectivity index (χ2n) is 7.22. The van der Waals surface area contributed by atoms with Crippen molar-refractivity contribution in [3.8, 4) is 17.6 Å². The minimum Gasteiger partial charge on any atom is -0.457 e. The van der Waals surface area contributed by atoms with Crippen molar-refractivity contribution in [3.63, 3.8) is 0 Å². The summed E-state index contributed by atoms with van der Waals surface area (Å²) >= 11 is 0. The van der Waals surface area contributed by atoms with Crippen LogP contribution in [0.25, 0.3) is 10.9 Å². The van der Waals surface area contributed by atoms with Gasteiger partial charge in [-0.1, -0.05) is 18.9 Å². The van der Waals surface area contributed by atoms with E-state index in [2.05, 4.69) is 16.4 Å². The molecule has 0 saturated heterocycles. The van der Waals surface area contributed by atoms with Crippen LogP contribution >= 0.6 is 0 Å². The van der Waals surface area contributed by atoms with Crippen molar-refractivity contribution in [3.05, 3.63) is 65.9 Å². The van der Waals surface area contributed by atoms with Crippen molar-refractivity contribution in [2.75, 3.05) is 0 Å². The first-order chi connectivity index (χ1) is 14.1. The molecule has 1 aromatic heterocycles. The summed E-state index contributed by atoms with van der Waals surface area (Å²) in [4.78, 5) is 17.0. The van der Waals surface area contributed by atoms with Crippen LogP contribution in [0.1, 0.15) is 41.7 Å². The summed E-state index contributed by atoms with van der Waals surface area (Å²) in [5.41, 5.74) is 1.59. The Balaban J connectivity index is 1.49. The molecule has 2 N–H and O–H groups in total. The Morgan fingerprint density at radius 1 is 1.07 bits per heavy atom. The number of hydrogen-bond acceptors (Lipinski definition) is 5. The van der Waals surface area contributed by atoms with E-state index in [9.17, 15) is 9.90 Å². The van der Waals surface area contributed by atoms with Gasteiger partial charge in [-0.15, -0.1) is 0 Å². The number of ether oxygens (including phenoxy) is 1. The topological polar surface area (TPSA) is 95.2 Å². The highest BCUT2D eigenvalue weighted by Gasteiger charge is 2.25. The summed E-state index contributed by atoms with van der Waals surface area (Å²) < 4.78 is 5.83. The fourth-order valence-electron chi connectivity index (χ4n) is 3.55. The molecule has 1 fully saturated rings. The number of carbonyl (C=O) groups is 1. The summed E-state index contributed by atoms with van der Waals surface area (Å²) in [5.74, 6) is 1.01. The maximum Gasteiger partial charge on any atom is 0.270 e. The third-order valence-electron chi connectivity index (χ3n) is 5.16. The molecule has 3 aromatic rings. The maximum absolute atomic E-state index is 12.5. The Labute approximate surface area is 168 Å². The van der Waals surface area contributed by atoms with Gasteiger partial charge in [-0.3, -0.25) is 4.79 Å². The Hall–Kier alpha value is -3.43. The van der Waals surface area contributed by atoms with Crippen LogP contribution in [-0.2, 0) is 0 Å². The van der Waals surface area contributed by atoms with Gasteiger partial charge in [-0.05, 0) is 61.4 Å². The van der Waals surface area contributed by atoms with E-state index in [-0.39, 0.29) is 11.9 Å². The molecule has 146 valence electrons. The largest absolute Gasteiger partial charge is 0.457 e. The fourth-order valence-corrected chi connectivity index (χ4v) is 3.55. The number of nitriles is 1. The molecule has 0 unspecified atom stereocenters. The van der Waals surface area contributed by atoms with Gasteiger partial charge in [-0.25, -0.2) is 4.98 Å².